The summed E-state index contributed by atoms with van der Waals surface area (Å²) < 4.78 is 12.0. The van der Waals surface area contributed by atoms with Crippen molar-refractivity contribution in [1.29, 1.82) is 0 Å². The predicted molar refractivity (Wildman–Crippen MR) is 140 cm³/mol. The molecule has 0 aliphatic carbocycles. The van der Waals surface area contributed by atoms with Crippen LogP contribution in [-0.2, 0) is 14.0 Å². The molecule has 0 rings (SSSR count). The second-order valence-electron chi connectivity index (χ2n) is 12.0. The minimum Gasteiger partial charge on any atom is -0.460 e. The highest BCUT2D eigenvalue weighted by molar-refractivity contribution is 6.74. The molecule has 0 bridgehead atoms. The van der Waals surface area contributed by atoms with Crippen molar-refractivity contribution >= 4 is 14.3 Å². The Labute approximate surface area is 201 Å². The summed E-state index contributed by atoms with van der Waals surface area (Å²) in [5, 5.41) is 9.47. The largest absolute Gasteiger partial charge is 0.460 e. The van der Waals surface area contributed by atoms with Crippen molar-refractivity contribution in [1.82, 2.24) is 0 Å². The number of aliphatic hydroxyl groups is 1. The number of carbonyl (C=O) groups excluding carboxylic acids is 1. The quantitative estimate of drug-likeness (QED) is 0.124. The number of unbranched alkanes of at least 4 members (excludes halogenated alkanes) is 9. The smallest absolute Gasteiger partial charge is 0.306 e. The topological polar surface area (TPSA) is 55.8 Å². The van der Waals surface area contributed by atoms with Gasteiger partial charge in [0, 0.05) is 19.1 Å². The number of ether oxygens (including phenoxy) is 1. The van der Waals surface area contributed by atoms with Crippen LogP contribution in [0.2, 0.25) is 18.1 Å². The van der Waals surface area contributed by atoms with Crippen LogP contribution in [0.1, 0.15) is 131 Å². The Morgan fingerprint density at radius 1 is 0.750 bits per heavy atom. The van der Waals surface area contributed by atoms with Gasteiger partial charge in [0.05, 0.1) is 0 Å². The van der Waals surface area contributed by atoms with Gasteiger partial charge in [0.25, 0.3) is 0 Å². The molecule has 0 saturated heterocycles. The van der Waals surface area contributed by atoms with Gasteiger partial charge < -0.3 is 14.3 Å². The van der Waals surface area contributed by atoms with Crippen LogP contribution in [0, 0.1) is 0 Å². The van der Waals surface area contributed by atoms with Crippen LogP contribution in [0.15, 0.2) is 0 Å². The van der Waals surface area contributed by atoms with Gasteiger partial charge in [-0.15, -0.1) is 0 Å². The van der Waals surface area contributed by atoms with Crippen LogP contribution in [0.25, 0.3) is 0 Å². The van der Waals surface area contributed by atoms with E-state index in [1.807, 2.05) is 20.8 Å². The maximum atomic E-state index is 11.7. The Hall–Kier alpha value is -0.393. The summed E-state index contributed by atoms with van der Waals surface area (Å²) in [6.45, 7) is 17.6. The third-order valence-electron chi connectivity index (χ3n) is 6.53. The number of carbonyl (C=O) groups is 1. The van der Waals surface area contributed by atoms with E-state index in [4.69, 9.17) is 9.16 Å². The molecule has 4 nitrogen and oxygen atoms in total. The molecule has 0 unspecified atom stereocenters. The molecule has 0 saturated carbocycles. The van der Waals surface area contributed by atoms with E-state index >= 15 is 0 Å². The molecule has 0 amide bonds. The van der Waals surface area contributed by atoms with Gasteiger partial charge in [0.1, 0.15) is 5.60 Å². The molecule has 0 aromatic heterocycles. The SMILES string of the molecule is CC(C)(C)OC(=O)CCCCCCCCCCCC[C@@H](CCCO)O[Si](C)(C)C(C)(C)C. The zero-order chi connectivity index (χ0) is 24.7. The first kappa shape index (κ1) is 31.6. The van der Waals surface area contributed by atoms with Gasteiger partial charge >= 0.3 is 5.97 Å². The molecule has 5 heteroatoms. The summed E-state index contributed by atoms with van der Waals surface area (Å²) in [4.78, 5) is 11.7. The fourth-order valence-corrected chi connectivity index (χ4v) is 5.05. The molecule has 0 aliphatic rings. The Morgan fingerprint density at radius 3 is 1.62 bits per heavy atom. The third-order valence-corrected chi connectivity index (χ3v) is 11.1. The highest BCUT2D eigenvalue weighted by Gasteiger charge is 2.38. The summed E-state index contributed by atoms with van der Waals surface area (Å²) >= 11 is 0. The van der Waals surface area contributed by atoms with Crippen molar-refractivity contribution in [3.05, 3.63) is 0 Å². The normalized spacial score (nSPS) is 13.9. The maximum Gasteiger partial charge on any atom is 0.306 e. The molecule has 0 heterocycles. The van der Waals surface area contributed by atoms with Gasteiger partial charge in [-0.1, -0.05) is 78.6 Å². The molecule has 1 N–H and O–H groups in total. The first-order valence-corrected chi connectivity index (χ1v) is 16.2. The number of hydrogen-bond acceptors (Lipinski definition) is 4. The van der Waals surface area contributed by atoms with Gasteiger partial charge in [-0.05, 0) is 64.6 Å². The molecular formula is C27H56O4Si. The zero-order valence-electron chi connectivity index (χ0n) is 22.9. The average Bonchev–Trinajstić information content (AvgIpc) is 2.64. The Morgan fingerprint density at radius 2 is 1.19 bits per heavy atom. The fraction of sp³-hybridized carbons (Fsp3) is 0.963. The van der Waals surface area contributed by atoms with E-state index in [1.54, 1.807) is 0 Å². The molecule has 0 aliphatic heterocycles. The van der Waals surface area contributed by atoms with E-state index in [2.05, 4.69) is 33.9 Å². The van der Waals surface area contributed by atoms with E-state index in [9.17, 15) is 9.90 Å². The highest BCUT2D eigenvalue weighted by Crippen LogP contribution is 2.38. The summed E-state index contributed by atoms with van der Waals surface area (Å²) in [5.74, 6) is -0.0641. The number of aliphatic hydroxyl groups excluding tert-OH is 1. The molecule has 0 radical (unpaired) electrons. The van der Waals surface area contributed by atoms with Crippen LogP contribution in [0.5, 0.6) is 0 Å². The molecule has 1 atom stereocenters. The van der Waals surface area contributed by atoms with Crippen molar-refractivity contribution < 1.29 is 19.1 Å². The van der Waals surface area contributed by atoms with Crippen LogP contribution in [0.3, 0.4) is 0 Å². The molecule has 0 fully saturated rings. The van der Waals surface area contributed by atoms with Gasteiger partial charge in [0.2, 0.25) is 0 Å². The molecular weight excluding hydrogens is 416 g/mol. The number of hydrogen-bond donors (Lipinski definition) is 1. The fourth-order valence-electron chi connectivity index (χ4n) is 3.62. The molecule has 0 aromatic carbocycles. The lowest BCUT2D eigenvalue weighted by Crippen LogP contribution is -2.44. The average molecular weight is 473 g/mol. The van der Waals surface area contributed by atoms with Crippen LogP contribution in [0.4, 0.5) is 0 Å². The summed E-state index contributed by atoms with van der Waals surface area (Å²) in [5.41, 5.74) is -0.366. The van der Waals surface area contributed by atoms with E-state index in [0.717, 1.165) is 32.1 Å². The minimum absolute atomic E-state index is 0.0641. The van der Waals surface area contributed by atoms with Crippen molar-refractivity contribution in [2.75, 3.05) is 6.61 Å². The Balaban J connectivity index is 3.78. The first-order chi connectivity index (χ1) is 14.8. The highest BCUT2D eigenvalue weighted by atomic mass is 28.4. The lowest BCUT2D eigenvalue weighted by atomic mass is 10.0. The number of rotatable bonds is 18. The standard InChI is InChI=1S/C27H56O4Si/c1-26(2,3)30-25(29)22-18-16-14-12-10-9-11-13-15-17-20-24(21-19-23-28)31-32(7,8)27(4,5)6/h24,28H,9-23H2,1-8H3/t24-/m0/s1. The zero-order valence-corrected chi connectivity index (χ0v) is 23.9. The first-order valence-electron chi connectivity index (χ1n) is 13.3. The van der Waals surface area contributed by atoms with E-state index in [1.165, 1.54) is 51.4 Å². The van der Waals surface area contributed by atoms with Gasteiger partial charge in [-0.25, -0.2) is 0 Å². The van der Waals surface area contributed by atoms with Crippen LogP contribution < -0.4 is 0 Å². The molecule has 0 aromatic rings. The van der Waals surface area contributed by atoms with Crippen LogP contribution >= 0.6 is 0 Å². The monoisotopic (exact) mass is 472 g/mol. The lowest BCUT2D eigenvalue weighted by molar-refractivity contribution is -0.154. The molecule has 32 heavy (non-hydrogen) atoms. The van der Waals surface area contributed by atoms with Crippen molar-refractivity contribution in [2.24, 2.45) is 0 Å². The van der Waals surface area contributed by atoms with Crippen molar-refractivity contribution in [2.45, 2.75) is 161 Å². The Kier molecular flexibility index (Phi) is 16.1. The molecule has 192 valence electrons. The van der Waals surface area contributed by atoms with Crippen molar-refractivity contribution in [3.8, 4) is 0 Å². The summed E-state index contributed by atoms with van der Waals surface area (Å²) in [6, 6.07) is 0. The minimum atomic E-state index is -1.74. The van der Waals surface area contributed by atoms with E-state index in [-0.39, 0.29) is 23.2 Å². The van der Waals surface area contributed by atoms with E-state index < -0.39 is 8.32 Å². The van der Waals surface area contributed by atoms with Gasteiger partial charge in [-0.3, -0.25) is 4.79 Å². The molecule has 0 spiro atoms. The third kappa shape index (κ3) is 17.1. The summed E-state index contributed by atoms with van der Waals surface area (Å²) in [6.07, 6.45) is 16.2. The second kappa shape index (κ2) is 16.3. The predicted octanol–water partition coefficient (Wildman–Crippen LogP) is 8.17. The van der Waals surface area contributed by atoms with Gasteiger partial charge in [-0.2, -0.15) is 0 Å². The second-order valence-corrected chi connectivity index (χ2v) is 16.8. The van der Waals surface area contributed by atoms with Crippen molar-refractivity contribution in [3.63, 3.8) is 0 Å². The summed E-state index contributed by atoms with van der Waals surface area (Å²) in [7, 11) is -1.74. The van der Waals surface area contributed by atoms with E-state index in [0.29, 0.717) is 12.5 Å². The lowest BCUT2D eigenvalue weighted by Gasteiger charge is -2.39. The van der Waals surface area contributed by atoms with Gasteiger partial charge in [0.15, 0.2) is 8.32 Å². The van der Waals surface area contributed by atoms with Crippen LogP contribution in [-0.4, -0.2) is 37.7 Å². The Bertz CT molecular complexity index is 477. The maximum absolute atomic E-state index is 11.7. The number of esters is 1.